The third-order valence-electron chi connectivity index (χ3n) is 3.93. The van der Waals surface area contributed by atoms with E-state index in [1.165, 1.54) is 6.07 Å². The van der Waals surface area contributed by atoms with Gasteiger partial charge in [0, 0.05) is 26.3 Å². The van der Waals surface area contributed by atoms with Crippen molar-refractivity contribution >= 4 is 21.6 Å². The highest BCUT2D eigenvalue weighted by molar-refractivity contribution is 9.10. The Morgan fingerprint density at radius 1 is 1.55 bits per heavy atom. The Kier molecular flexibility index (Phi) is 5.12. The van der Waals surface area contributed by atoms with Crippen molar-refractivity contribution < 1.29 is 9.66 Å². The summed E-state index contributed by atoms with van der Waals surface area (Å²) in [6, 6.07) is 5.18. The third-order valence-corrected chi connectivity index (χ3v) is 4.84. The van der Waals surface area contributed by atoms with Gasteiger partial charge in [-0.25, -0.2) is 0 Å². The minimum absolute atomic E-state index is 0.121. The summed E-state index contributed by atoms with van der Waals surface area (Å²) in [6.45, 7) is 4.77. The molecule has 1 heterocycles. The highest BCUT2D eigenvalue weighted by Crippen LogP contribution is 2.30. The van der Waals surface area contributed by atoms with Crippen molar-refractivity contribution in [3.05, 3.63) is 38.3 Å². The van der Waals surface area contributed by atoms with Gasteiger partial charge in [0.2, 0.25) is 0 Å². The first-order valence-corrected chi connectivity index (χ1v) is 7.49. The normalized spacial score (nSPS) is 23.8. The summed E-state index contributed by atoms with van der Waals surface area (Å²) in [5, 5.41) is 10.9. The molecule has 1 saturated heterocycles. The van der Waals surface area contributed by atoms with Crippen LogP contribution >= 0.6 is 15.9 Å². The summed E-state index contributed by atoms with van der Waals surface area (Å²) < 4.78 is 6.08. The largest absolute Gasteiger partial charge is 0.380 e. The molecule has 1 aromatic rings. The van der Waals surface area contributed by atoms with Crippen LogP contribution in [0.25, 0.3) is 0 Å². The Morgan fingerprint density at radius 2 is 2.30 bits per heavy atom. The van der Waals surface area contributed by atoms with Crippen molar-refractivity contribution in [2.75, 3.05) is 20.2 Å². The zero-order valence-corrected chi connectivity index (χ0v) is 13.3. The molecule has 0 saturated carbocycles. The van der Waals surface area contributed by atoms with Gasteiger partial charge in [0.15, 0.2) is 0 Å². The number of halogens is 1. The molecule has 1 fully saturated rings. The molecule has 2 unspecified atom stereocenters. The highest BCUT2D eigenvalue weighted by Gasteiger charge is 2.26. The van der Waals surface area contributed by atoms with Crippen LogP contribution in [0.1, 0.15) is 18.9 Å². The predicted octanol–water partition coefficient (Wildman–Crippen LogP) is 3.21. The smallest absolute Gasteiger partial charge is 0.283 e. The number of rotatable bonds is 4. The molecule has 0 bridgehead atoms. The lowest BCUT2D eigenvalue weighted by Crippen LogP contribution is -2.43. The second-order valence-electron chi connectivity index (χ2n) is 5.28. The molecule has 1 aliphatic rings. The topological polar surface area (TPSA) is 55.6 Å². The van der Waals surface area contributed by atoms with Crippen molar-refractivity contribution in [1.29, 1.82) is 0 Å². The number of piperidine rings is 1. The SMILES string of the molecule is COC1CN(Cc2cccc([N+](=O)[O-])c2Br)CCC1C. The zero-order valence-electron chi connectivity index (χ0n) is 11.7. The van der Waals surface area contributed by atoms with Crippen LogP contribution in [0, 0.1) is 16.0 Å². The van der Waals surface area contributed by atoms with E-state index in [9.17, 15) is 10.1 Å². The standard InChI is InChI=1S/C14H19BrN2O3/c1-10-6-7-16(9-13(10)20-2)8-11-4-3-5-12(14(11)15)17(18)19/h3-5,10,13H,6-9H2,1-2H3. The number of hydrogen-bond acceptors (Lipinski definition) is 4. The molecular weight excluding hydrogens is 324 g/mol. The molecule has 6 heteroatoms. The van der Waals surface area contributed by atoms with Gasteiger partial charge in [-0.05, 0) is 40.4 Å². The molecule has 2 atom stereocenters. The Labute approximate surface area is 127 Å². The minimum atomic E-state index is -0.357. The zero-order chi connectivity index (χ0) is 14.7. The molecule has 0 spiro atoms. The van der Waals surface area contributed by atoms with Gasteiger partial charge in [-0.15, -0.1) is 0 Å². The van der Waals surface area contributed by atoms with Crippen molar-refractivity contribution in [3.8, 4) is 0 Å². The van der Waals surface area contributed by atoms with E-state index >= 15 is 0 Å². The van der Waals surface area contributed by atoms with Gasteiger partial charge in [-0.3, -0.25) is 15.0 Å². The number of methoxy groups -OCH3 is 1. The van der Waals surface area contributed by atoms with E-state index in [1.807, 2.05) is 6.07 Å². The molecule has 0 aliphatic carbocycles. The van der Waals surface area contributed by atoms with Gasteiger partial charge < -0.3 is 4.74 Å². The molecule has 0 amide bonds. The van der Waals surface area contributed by atoms with Crippen LogP contribution in [0.2, 0.25) is 0 Å². The molecule has 1 aliphatic heterocycles. The van der Waals surface area contributed by atoms with E-state index in [0.717, 1.165) is 25.1 Å². The van der Waals surface area contributed by atoms with Gasteiger partial charge in [-0.1, -0.05) is 19.1 Å². The average Bonchev–Trinajstić information content (AvgIpc) is 2.42. The fourth-order valence-corrected chi connectivity index (χ4v) is 3.15. The maximum Gasteiger partial charge on any atom is 0.283 e. The van der Waals surface area contributed by atoms with Gasteiger partial charge in [0.05, 0.1) is 15.5 Å². The lowest BCUT2D eigenvalue weighted by atomic mass is 9.95. The molecule has 5 nitrogen and oxygen atoms in total. The third kappa shape index (κ3) is 3.37. The van der Waals surface area contributed by atoms with Crippen LogP contribution in [0.4, 0.5) is 5.69 Å². The maximum atomic E-state index is 10.9. The van der Waals surface area contributed by atoms with Crippen molar-refractivity contribution in [3.63, 3.8) is 0 Å². The van der Waals surface area contributed by atoms with E-state index in [0.29, 0.717) is 16.9 Å². The molecular formula is C14H19BrN2O3. The van der Waals surface area contributed by atoms with E-state index in [2.05, 4.69) is 27.8 Å². The summed E-state index contributed by atoms with van der Waals surface area (Å²) in [4.78, 5) is 12.9. The summed E-state index contributed by atoms with van der Waals surface area (Å²) in [5.41, 5.74) is 1.07. The quantitative estimate of drug-likeness (QED) is 0.622. The molecule has 1 aromatic carbocycles. The van der Waals surface area contributed by atoms with Crippen molar-refractivity contribution in [2.45, 2.75) is 26.0 Å². The predicted molar refractivity (Wildman–Crippen MR) is 80.7 cm³/mol. The molecule has 0 N–H and O–H groups in total. The summed E-state index contributed by atoms with van der Waals surface area (Å²) in [7, 11) is 1.74. The van der Waals surface area contributed by atoms with E-state index < -0.39 is 0 Å². The first kappa shape index (κ1) is 15.4. The van der Waals surface area contributed by atoms with E-state index in [1.54, 1.807) is 13.2 Å². The van der Waals surface area contributed by atoms with E-state index in [4.69, 9.17) is 4.74 Å². The fraction of sp³-hybridized carbons (Fsp3) is 0.571. The van der Waals surface area contributed by atoms with Crippen molar-refractivity contribution in [2.24, 2.45) is 5.92 Å². The van der Waals surface area contributed by atoms with Crippen LogP contribution in [-0.2, 0) is 11.3 Å². The number of nitro groups is 1. The average molecular weight is 343 g/mol. The van der Waals surface area contributed by atoms with Crippen molar-refractivity contribution in [1.82, 2.24) is 4.90 Å². The first-order chi connectivity index (χ1) is 9.52. The molecule has 0 aromatic heterocycles. The minimum Gasteiger partial charge on any atom is -0.380 e. The van der Waals surface area contributed by atoms with Gasteiger partial charge in [0.25, 0.3) is 5.69 Å². The number of ether oxygens (including phenoxy) is 1. The van der Waals surface area contributed by atoms with Gasteiger partial charge in [-0.2, -0.15) is 0 Å². The molecule has 0 radical (unpaired) electrons. The van der Waals surface area contributed by atoms with E-state index in [-0.39, 0.29) is 16.7 Å². The maximum absolute atomic E-state index is 10.9. The second-order valence-corrected chi connectivity index (χ2v) is 6.08. The number of nitro benzene ring substituents is 1. The molecule has 2 rings (SSSR count). The second kappa shape index (κ2) is 6.65. The Hall–Kier alpha value is -0.980. The lowest BCUT2D eigenvalue weighted by molar-refractivity contribution is -0.385. The number of benzene rings is 1. The summed E-state index contributed by atoms with van der Waals surface area (Å²) in [6.07, 6.45) is 1.33. The van der Waals surface area contributed by atoms with Gasteiger partial charge >= 0.3 is 0 Å². The Bertz CT molecular complexity index is 495. The Morgan fingerprint density at radius 3 is 2.95 bits per heavy atom. The monoisotopic (exact) mass is 342 g/mol. The van der Waals surface area contributed by atoms with Crippen LogP contribution in [0.5, 0.6) is 0 Å². The van der Waals surface area contributed by atoms with Crippen LogP contribution < -0.4 is 0 Å². The number of hydrogen-bond donors (Lipinski definition) is 0. The van der Waals surface area contributed by atoms with Crippen LogP contribution in [0.15, 0.2) is 22.7 Å². The Balaban J connectivity index is 2.11. The lowest BCUT2D eigenvalue weighted by Gasteiger charge is -2.36. The number of likely N-dealkylation sites (tertiary alicyclic amines) is 1. The first-order valence-electron chi connectivity index (χ1n) is 6.70. The highest BCUT2D eigenvalue weighted by atomic mass is 79.9. The fourth-order valence-electron chi connectivity index (χ4n) is 2.62. The van der Waals surface area contributed by atoms with Gasteiger partial charge in [0.1, 0.15) is 0 Å². The molecule has 20 heavy (non-hydrogen) atoms. The van der Waals surface area contributed by atoms with Crippen LogP contribution in [0.3, 0.4) is 0 Å². The summed E-state index contributed by atoms with van der Waals surface area (Å²) >= 11 is 3.35. The molecule has 110 valence electrons. The number of nitrogens with zero attached hydrogens (tertiary/aromatic N) is 2. The van der Waals surface area contributed by atoms with Crippen LogP contribution in [-0.4, -0.2) is 36.1 Å². The summed E-state index contributed by atoms with van der Waals surface area (Å²) in [5.74, 6) is 0.560.